The van der Waals surface area contributed by atoms with E-state index in [2.05, 4.69) is 10.0 Å². The number of hydrogen-bond acceptors (Lipinski definition) is 3. The molecule has 1 aliphatic heterocycles. The van der Waals surface area contributed by atoms with Gasteiger partial charge in [-0.15, -0.1) is 0 Å². The lowest BCUT2D eigenvalue weighted by atomic mass is 10.1. The predicted molar refractivity (Wildman–Crippen MR) is 72.3 cm³/mol. The number of halogens is 3. The maximum atomic E-state index is 12.6. The summed E-state index contributed by atoms with van der Waals surface area (Å²) in [6, 6.07) is 2.65. The van der Waals surface area contributed by atoms with Crippen molar-refractivity contribution in [2.24, 2.45) is 5.92 Å². The Kier molecular flexibility index (Phi) is 4.60. The van der Waals surface area contributed by atoms with E-state index in [1.54, 1.807) is 0 Å². The highest BCUT2D eigenvalue weighted by atomic mass is 32.2. The molecule has 8 heteroatoms. The van der Waals surface area contributed by atoms with E-state index in [1.807, 2.05) is 0 Å². The molecule has 118 valence electrons. The highest BCUT2D eigenvalue weighted by Gasteiger charge is 2.31. The molecule has 0 aliphatic carbocycles. The van der Waals surface area contributed by atoms with E-state index in [0.29, 0.717) is 0 Å². The topological polar surface area (TPSA) is 58.2 Å². The monoisotopic (exact) mass is 322 g/mol. The highest BCUT2D eigenvalue weighted by molar-refractivity contribution is 7.89. The van der Waals surface area contributed by atoms with Crippen molar-refractivity contribution in [1.29, 1.82) is 0 Å². The molecule has 21 heavy (non-hydrogen) atoms. The number of sulfonamides is 1. The smallest absolute Gasteiger partial charge is 0.316 e. The zero-order valence-electron chi connectivity index (χ0n) is 11.5. The van der Waals surface area contributed by atoms with Gasteiger partial charge in [-0.3, -0.25) is 0 Å². The lowest BCUT2D eigenvalue weighted by Crippen LogP contribution is -2.30. The molecule has 1 fully saturated rings. The Morgan fingerprint density at radius 3 is 2.62 bits per heavy atom. The van der Waals surface area contributed by atoms with Crippen molar-refractivity contribution >= 4 is 10.0 Å². The molecule has 0 saturated carbocycles. The van der Waals surface area contributed by atoms with Gasteiger partial charge in [0, 0.05) is 6.54 Å². The van der Waals surface area contributed by atoms with Crippen LogP contribution in [0.15, 0.2) is 23.1 Å². The Morgan fingerprint density at radius 2 is 2.10 bits per heavy atom. The van der Waals surface area contributed by atoms with Gasteiger partial charge in [0.05, 0.1) is 10.5 Å². The van der Waals surface area contributed by atoms with E-state index in [4.69, 9.17) is 0 Å². The molecular weight excluding hydrogens is 305 g/mol. The predicted octanol–water partition coefficient (Wildman–Crippen LogP) is 1.90. The maximum Gasteiger partial charge on any atom is 0.416 e. The van der Waals surface area contributed by atoms with Crippen molar-refractivity contribution < 1.29 is 21.6 Å². The minimum absolute atomic E-state index is 0.0851. The summed E-state index contributed by atoms with van der Waals surface area (Å²) in [5.41, 5.74) is -0.763. The molecule has 1 aliphatic rings. The van der Waals surface area contributed by atoms with Crippen molar-refractivity contribution in [2.75, 3.05) is 19.6 Å². The van der Waals surface area contributed by atoms with Gasteiger partial charge < -0.3 is 5.32 Å². The van der Waals surface area contributed by atoms with Crippen LogP contribution >= 0.6 is 0 Å². The second kappa shape index (κ2) is 5.94. The van der Waals surface area contributed by atoms with Crippen LogP contribution in [0.5, 0.6) is 0 Å². The zero-order valence-corrected chi connectivity index (χ0v) is 12.3. The van der Waals surface area contributed by atoms with Gasteiger partial charge in [-0.05, 0) is 56.1 Å². The molecule has 1 heterocycles. The highest BCUT2D eigenvalue weighted by Crippen LogP contribution is 2.31. The first kappa shape index (κ1) is 16.3. The molecule has 1 unspecified atom stereocenters. The van der Waals surface area contributed by atoms with E-state index in [0.717, 1.165) is 37.7 Å². The quantitative estimate of drug-likeness (QED) is 0.890. The lowest BCUT2D eigenvalue weighted by Gasteiger charge is -2.14. The van der Waals surface area contributed by atoms with E-state index in [1.165, 1.54) is 6.92 Å². The van der Waals surface area contributed by atoms with E-state index < -0.39 is 21.8 Å². The molecule has 1 aromatic rings. The van der Waals surface area contributed by atoms with Crippen molar-refractivity contribution in [3.05, 3.63) is 29.3 Å². The van der Waals surface area contributed by atoms with E-state index in [-0.39, 0.29) is 22.9 Å². The first-order chi connectivity index (χ1) is 9.70. The molecule has 1 atom stereocenters. The van der Waals surface area contributed by atoms with Crippen LogP contribution < -0.4 is 10.0 Å². The third kappa shape index (κ3) is 3.96. The standard InChI is InChI=1S/C13H17F3N2O2S/c1-9-6-11(13(14,15)16)2-3-12(9)21(19,20)18-8-10-4-5-17-7-10/h2-3,6,10,17-18H,4-5,7-8H2,1H3. The number of alkyl halides is 3. The van der Waals surface area contributed by atoms with E-state index >= 15 is 0 Å². The molecule has 2 rings (SSSR count). The molecule has 0 amide bonds. The van der Waals surface area contributed by atoms with Crippen LogP contribution in [0.3, 0.4) is 0 Å². The van der Waals surface area contributed by atoms with Crippen LogP contribution in [0.4, 0.5) is 13.2 Å². The molecule has 0 radical (unpaired) electrons. The van der Waals surface area contributed by atoms with Crippen molar-refractivity contribution in [2.45, 2.75) is 24.4 Å². The first-order valence-electron chi connectivity index (χ1n) is 6.58. The van der Waals surface area contributed by atoms with Gasteiger partial charge in [-0.1, -0.05) is 0 Å². The third-order valence-electron chi connectivity index (χ3n) is 3.52. The number of benzene rings is 1. The fraction of sp³-hybridized carbons (Fsp3) is 0.538. The van der Waals surface area contributed by atoms with Gasteiger partial charge in [0.1, 0.15) is 0 Å². The summed E-state index contributed by atoms with van der Waals surface area (Å²) in [4.78, 5) is -0.110. The Balaban J connectivity index is 2.16. The second-order valence-electron chi connectivity index (χ2n) is 5.19. The van der Waals surface area contributed by atoms with Gasteiger partial charge in [0.25, 0.3) is 0 Å². The largest absolute Gasteiger partial charge is 0.416 e. The Bertz CT molecular complexity index is 608. The molecule has 4 nitrogen and oxygen atoms in total. The Hall–Kier alpha value is -1.12. The molecular formula is C13H17F3N2O2S. The number of nitrogens with one attached hydrogen (secondary N) is 2. The molecule has 0 bridgehead atoms. The fourth-order valence-corrected chi connectivity index (χ4v) is 3.66. The summed E-state index contributed by atoms with van der Waals surface area (Å²) >= 11 is 0. The van der Waals surface area contributed by atoms with Crippen LogP contribution in [0, 0.1) is 12.8 Å². The Labute approximate surface area is 121 Å². The normalized spacial score (nSPS) is 19.9. The van der Waals surface area contributed by atoms with Crippen molar-refractivity contribution in [1.82, 2.24) is 10.0 Å². The average Bonchev–Trinajstić information content (AvgIpc) is 2.88. The zero-order chi connectivity index (χ0) is 15.7. The first-order valence-corrected chi connectivity index (χ1v) is 8.07. The van der Waals surface area contributed by atoms with E-state index in [9.17, 15) is 21.6 Å². The molecule has 2 N–H and O–H groups in total. The summed E-state index contributed by atoms with van der Waals surface area (Å²) < 4.78 is 64.5. The van der Waals surface area contributed by atoms with Crippen LogP contribution in [-0.4, -0.2) is 28.1 Å². The number of rotatable bonds is 4. The third-order valence-corrected chi connectivity index (χ3v) is 5.10. The minimum atomic E-state index is -4.48. The van der Waals surface area contributed by atoms with Crippen LogP contribution in [0.1, 0.15) is 17.5 Å². The van der Waals surface area contributed by atoms with Crippen molar-refractivity contribution in [3.8, 4) is 0 Å². The summed E-state index contributed by atoms with van der Waals surface area (Å²) in [7, 11) is -3.79. The SMILES string of the molecule is Cc1cc(C(F)(F)F)ccc1S(=O)(=O)NCC1CCNC1. The fourth-order valence-electron chi connectivity index (χ4n) is 2.32. The molecule has 1 saturated heterocycles. The molecule has 0 aromatic heterocycles. The number of hydrogen-bond donors (Lipinski definition) is 2. The lowest BCUT2D eigenvalue weighted by molar-refractivity contribution is -0.137. The van der Waals surface area contributed by atoms with Gasteiger partial charge in [-0.25, -0.2) is 13.1 Å². The Morgan fingerprint density at radius 1 is 1.38 bits per heavy atom. The van der Waals surface area contributed by atoms with Crippen LogP contribution in [-0.2, 0) is 16.2 Å². The maximum absolute atomic E-state index is 12.6. The van der Waals surface area contributed by atoms with Crippen LogP contribution in [0.25, 0.3) is 0 Å². The number of aryl methyl sites for hydroxylation is 1. The summed E-state index contributed by atoms with van der Waals surface area (Å²) in [6.45, 7) is 3.25. The summed E-state index contributed by atoms with van der Waals surface area (Å²) in [5, 5.41) is 3.12. The minimum Gasteiger partial charge on any atom is -0.316 e. The van der Waals surface area contributed by atoms with Gasteiger partial charge in [0.2, 0.25) is 10.0 Å². The molecule has 1 aromatic carbocycles. The summed E-state index contributed by atoms with van der Waals surface area (Å²) in [6.07, 6.45) is -3.59. The van der Waals surface area contributed by atoms with Crippen molar-refractivity contribution in [3.63, 3.8) is 0 Å². The van der Waals surface area contributed by atoms with Gasteiger partial charge >= 0.3 is 6.18 Å². The van der Waals surface area contributed by atoms with Crippen LogP contribution in [0.2, 0.25) is 0 Å². The molecule has 0 spiro atoms. The van der Waals surface area contributed by atoms with Gasteiger partial charge in [-0.2, -0.15) is 13.2 Å². The second-order valence-corrected chi connectivity index (χ2v) is 6.92. The summed E-state index contributed by atoms with van der Waals surface area (Å²) in [5.74, 6) is 0.217. The average molecular weight is 322 g/mol. The van der Waals surface area contributed by atoms with Gasteiger partial charge in [0.15, 0.2) is 0 Å².